The van der Waals surface area contributed by atoms with Crippen LogP contribution >= 0.6 is 39.3 Å². The molecule has 0 bridgehead atoms. The van der Waals surface area contributed by atoms with Crippen LogP contribution < -0.4 is 5.32 Å². The molecule has 0 spiro atoms. The summed E-state index contributed by atoms with van der Waals surface area (Å²) in [4.78, 5) is 27.5. The van der Waals surface area contributed by atoms with E-state index in [-0.39, 0.29) is 17.6 Å². The summed E-state index contributed by atoms with van der Waals surface area (Å²) in [6, 6.07) is 14.5. The number of nitrogens with zero attached hydrogens (tertiary/aromatic N) is 1. The quantitative estimate of drug-likeness (QED) is 0.631. The molecule has 7 heteroatoms. The lowest BCUT2D eigenvalue weighted by atomic mass is 10.1. The Balaban J connectivity index is 2.12. The Morgan fingerprint density at radius 1 is 1.23 bits per heavy atom. The minimum Gasteiger partial charge on any atom is -0.357 e. The summed E-state index contributed by atoms with van der Waals surface area (Å²) in [5.74, 6) is -0.0392. The number of hydrogen-bond acceptors (Lipinski definition) is 3. The van der Waals surface area contributed by atoms with E-state index >= 15 is 0 Å². The lowest BCUT2D eigenvalue weighted by Crippen LogP contribution is -2.47. The lowest BCUT2D eigenvalue weighted by molar-refractivity contribution is -0.138. The van der Waals surface area contributed by atoms with Gasteiger partial charge in [-0.25, -0.2) is 0 Å². The first-order chi connectivity index (χ1) is 12.4. The van der Waals surface area contributed by atoms with Crippen molar-refractivity contribution in [1.29, 1.82) is 0 Å². The Morgan fingerprint density at radius 2 is 1.92 bits per heavy atom. The second-order valence-electron chi connectivity index (χ2n) is 5.68. The molecule has 0 heterocycles. The molecule has 0 saturated heterocycles. The maximum Gasteiger partial charge on any atom is 0.242 e. The van der Waals surface area contributed by atoms with E-state index in [2.05, 4.69) is 21.2 Å². The first-order valence-electron chi connectivity index (χ1n) is 8.04. The second-order valence-corrected chi connectivity index (χ2v) is 8.09. The fraction of sp³-hybridized carbons (Fsp3) is 0.263. The molecular formula is C19H20BrClN2O2S. The number of thioether (sulfide) groups is 1. The van der Waals surface area contributed by atoms with Crippen LogP contribution in [0, 0.1) is 0 Å². The topological polar surface area (TPSA) is 49.4 Å². The van der Waals surface area contributed by atoms with Crippen LogP contribution in [0.1, 0.15) is 12.5 Å². The third kappa shape index (κ3) is 6.04. The third-order valence-electron chi connectivity index (χ3n) is 3.83. The summed E-state index contributed by atoms with van der Waals surface area (Å²) in [6.45, 7) is 2.11. The highest BCUT2D eigenvalue weighted by Crippen LogP contribution is 2.22. The van der Waals surface area contributed by atoms with Gasteiger partial charge in [-0.15, -0.1) is 11.8 Å². The monoisotopic (exact) mass is 454 g/mol. The summed E-state index contributed by atoms with van der Waals surface area (Å²) in [5, 5.41) is 3.27. The van der Waals surface area contributed by atoms with Gasteiger partial charge in [0.2, 0.25) is 11.8 Å². The number of halogens is 2. The van der Waals surface area contributed by atoms with E-state index in [9.17, 15) is 9.59 Å². The zero-order chi connectivity index (χ0) is 19.1. The van der Waals surface area contributed by atoms with E-state index in [0.29, 0.717) is 11.6 Å². The zero-order valence-electron chi connectivity index (χ0n) is 14.5. The van der Waals surface area contributed by atoms with Crippen LogP contribution in [0.2, 0.25) is 5.02 Å². The van der Waals surface area contributed by atoms with Crippen molar-refractivity contribution in [2.45, 2.75) is 24.4 Å². The maximum absolute atomic E-state index is 12.8. The van der Waals surface area contributed by atoms with Gasteiger partial charge in [0.15, 0.2) is 0 Å². The third-order valence-corrected chi connectivity index (χ3v) is 5.57. The van der Waals surface area contributed by atoms with Crippen molar-refractivity contribution in [3.05, 3.63) is 63.6 Å². The van der Waals surface area contributed by atoms with Crippen molar-refractivity contribution in [3.63, 3.8) is 0 Å². The smallest absolute Gasteiger partial charge is 0.242 e. The molecule has 0 unspecified atom stereocenters. The zero-order valence-corrected chi connectivity index (χ0v) is 17.7. The van der Waals surface area contributed by atoms with Crippen LogP contribution in [0.5, 0.6) is 0 Å². The normalized spacial score (nSPS) is 11.7. The predicted octanol–water partition coefficient (Wildman–Crippen LogP) is 4.36. The van der Waals surface area contributed by atoms with Crippen LogP contribution in [-0.2, 0) is 16.1 Å². The Bertz CT molecular complexity index is 770. The maximum atomic E-state index is 12.8. The van der Waals surface area contributed by atoms with Gasteiger partial charge < -0.3 is 10.2 Å². The molecule has 2 rings (SSSR count). The van der Waals surface area contributed by atoms with Gasteiger partial charge in [0, 0.05) is 28.0 Å². The Morgan fingerprint density at radius 3 is 2.54 bits per heavy atom. The number of rotatable bonds is 7. The fourth-order valence-electron chi connectivity index (χ4n) is 2.38. The molecule has 1 atom stereocenters. The van der Waals surface area contributed by atoms with Crippen molar-refractivity contribution in [1.82, 2.24) is 10.2 Å². The van der Waals surface area contributed by atoms with Crippen LogP contribution in [0.4, 0.5) is 0 Å². The molecular weight excluding hydrogens is 436 g/mol. The van der Waals surface area contributed by atoms with Gasteiger partial charge in [-0.05, 0) is 48.9 Å². The molecule has 138 valence electrons. The minimum absolute atomic E-state index is 0.0963. The van der Waals surface area contributed by atoms with Gasteiger partial charge in [0.25, 0.3) is 0 Å². The molecule has 2 amide bonds. The summed E-state index contributed by atoms with van der Waals surface area (Å²) in [5.41, 5.74) is 0.958. The van der Waals surface area contributed by atoms with Crippen molar-refractivity contribution in [3.8, 4) is 0 Å². The number of carbonyl (C=O) groups excluding carboxylic acids is 2. The van der Waals surface area contributed by atoms with Crippen LogP contribution in [-0.4, -0.2) is 35.6 Å². The number of likely N-dealkylation sites (N-methyl/N-ethyl adjacent to an activating group) is 1. The Kier molecular flexibility index (Phi) is 8.00. The molecule has 0 aliphatic heterocycles. The van der Waals surface area contributed by atoms with Gasteiger partial charge in [-0.1, -0.05) is 39.7 Å². The van der Waals surface area contributed by atoms with E-state index < -0.39 is 6.04 Å². The fourth-order valence-corrected chi connectivity index (χ4v) is 3.74. The highest BCUT2D eigenvalue weighted by Gasteiger charge is 2.25. The summed E-state index contributed by atoms with van der Waals surface area (Å²) < 4.78 is 0.936. The van der Waals surface area contributed by atoms with E-state index in [1.807, 2.05) is 36.4 Å². The molecule has 1 N–H and O–H groups in total. The number of nitrogens with one attached hydrogen (secondary N) is 1. The van der Waals surface area contributed by atoms with Gasteiger partial charge in [0.1, 0.15) is 6.04 Å². The van der Waals surface area contributed by atoms with Crippen molar-refractivity contribution in [2.24, 2.45) is 0 Å². The second kappa shape index (κ2) is 10.00. The summed E-state index contributed by atoms with van der Waals surface area (Å²) in [7, 11) is 1.57. The first kappa shape index (κ1) is 20.8. The first-order valence-corrected chi connectivity index (χ1v) is 10.2. The molecule has 2 aromatic rings. The SMILES string of the molecule is CNC(=O)[C@@H](C)N(Cc1cccc(Br)c1)C(=O)CSc1ccc(Cl)cc1. The van der Waals surface area contributed by atoms with E-state index in [1.54, 1.807) is 31.0 Å². The summed E-state index contributed by atoms with van der Waals surface area (Å²) >= 11 is 10.8. The van der Waals surface area contributed by atoms with Crippen molar-refractivity contribution >= 4 is 51.1 Å². The standard InChI is InChI=1S/C19H20BrClN2O2S/c1-13(19(25)22-2)23(11-14-4-3-5-15(20)10-14)18(24)12-26-17-8-6-16(21)7-9-17/h3-10,13H,11-12H2,1-2H3,(H,22,25)/t13-/m1/s1. The van der Waals surface area contributed by atoms with E-state index in [4.69, 9.17) is 11.6 Å². The minimum atomic E-state index is -0.558. The number of benzene rings is 2. The van der Waals surface area contributed by atoms with Gasteiger partial charge >= 0.3 is 0 Å². The van der Waals surface area contributed by atoms with Gasteiger partial charge in [-0.2, -0.15) is 0 Å². The van der Waals surface area contributed by atoms with E-state index in [0.717, 1.165) is 14.9 Å². The molecule has 2 aromatic carbocycles. The average molecular weight is 456 g/mol. The van der Waals surface area contributed by atoms with Gasteiger partial charge in [0.05, 0.1) is 5.75 Å². The number of carbonyl (C=O) groups is 2. The van der Waals surface area contributed by atoms with Gasteiger partial charge in [-0.3, -0.25) is 9.59 Å². The predicted molar refractivity (Wildman–Crippen MR) is 110 cm³/mol. The number of hydrogen-bond donors (Lipinski definition) is 1. The van der Waals surface area contributed by atoms with Crippen molar-refractivity contribution < 1.29 is 9.59 Å². The van der Waals surface area contributed by atoms with E-state index in [1.165, 1.54) is 11.8 Å². The Hall–Kier alpha value is -1.50. The van der Waals surface area contributed by atoms with Crippen LogP contribution in [0.25, 0.3) is 0 Å². The molecule has 4 nitrogen and oxygen atoms in total. The summed E-state index contributed by atoms with van der Waals surface area (Å²) in [6.07, 6.45) is 0. The largest absolute Gasteiger partial charge is 0.357 e. The molecule has 0 aliphatic carbocycles. The molecule has 0 saturated carbocycles. The molecule has 26 heavy (non-hydrogen) atoms. The Labute approximate surface area is 171 Å². The van der Waals surface area contributed by atoms with Crippen LogP contribution in [0.3, 0.4) is 0 Å². The van der Waals surface area contributed by atoms with Crippen LogP contribution in [0.15, 0.2) is 57.9 Å². The lowest BCUT2D eigenvalue weighted by Gasteiger charge is -2.28. The molecule has 0 aliphatic rings. The van der Waals surface area contributed by atoms with Crippen molar-refractivity contribution in [2.75, 3.05) is 12.8 Å². The molecule has 0 fully saturated rings. The highest BCUT2D eigenvalue weighted by molar-refractivity contribution is 9.10. The average Bonchev–Trinajstić information content (AvgIpc) is 2.64. The number of amides is 2. The molecule has 0 radical (unpaired) electrons. The highest BCUT2D eigenvalue weighted by atomic mass is 79.9. The molecule has 0 aromatic heterocycles.